The highest BCUT2D eigenvalue weighted by atomic mass is 19.4. The van der Waals surface area contributed by atoms with Crippen LogP contribution in [-0.4, -0.2) is 10.5 Å². The number of aryl methyl sites for hydroxylation is 1. The third kappa shape index (κ3) is 3.67. The number of rotatable bonds is 3. The van der Waals surface area contributed by atoms with Crippen LogP contribution in [0.4, 0.5) is 18.9 Å². The number of amides is 1. The summed E-state index contributed by atoms with van der Waals surface area (Å²) in [6, 6.07) is 15.4. The van der Waals surface area contributed by atoms with E-state index in [1.807, 2.05) is 0 Å². The number of nitrogens with two attached hydrogens (primary N) is 1. The van der Waals surface area contributed by atoms with Gasteiger partial charge in [0.2, 0.25) is 0 Å². The lowest BCUT2D eigenvalue weighted by atomic mass is 10.1. The molecule has 1 aromatic heterocycles. The van der Waals surface area contributed by atoms with Gasteiger partial charge in [0.15, 0.2) is 0 Å². The molecule has 0 atom stereocenters. The van der Waals surface area contributed by atoms with Crippen LogP contribution in [0.3, 0.4) is 0 Å². The first-order valence-electron chi connectivity index (χ1n) is 8.24. The number of hydrazine groups is 1. The van der Waals surface area contributed by atoms with Gasteiger partial charge in [0.05, 0.1) is 11.3 Å². The van der Waals surface area contributed by atoms with Crippen LogP contribution in [0.25, 0.3) is 5.69 Å². The first kappa shape index (κ1) is 19.4. The molecule has 0 saturated carbocycles. The number of anilines is 1. The van der Waals surface area contributed by atoms with Crippen LogP contribution in [0, 0.1) is 6.92 Å². The Bertz CT molecular complexity index is 1080. The molecule has 1 heterocycles. The van der Waals surface area contributed by atoms with Crippen molar-refractivity contribution in [2.24, 2.45) is 5.84 Å². The fraction of sp³-hybridized carbons (Fsp3) is 0.100. The Kier molecular flexibility index (Phi) is 5.06. The molecule has 2 N–H and O–H groups in total. The van der Waals surface area contributed by atoms with Crippen molar-refractivity contribution in [1.29, 1.82) is 0 Å². The van der Waals surface area contributed by atoms with Crippen molar-refractivity contribution in [3.63, 3.8) is 0 Å². The van der Waals surface area contributed by atoms with E-state index in [0.29, 0.717) is 11.4 Å². The first-order chi connectivity index (χ1) is 13.2. The van der Waals surface area contributed by atoms with Crippen LogP contribution in [0.1, 0.15) is 21.6 Å². The molecule has 2 aromatic carbocycles. The largest absolute Gasteiger partial charge is 0.416 e. The van der Waals surface area contributed by atoms with Crippen molar-refractivity contribution >= 4 is 11.6 Å². The summed E-state index contributed by atoms with van der Waals surface area (Å²) in [4.78, 5) is 25.6. The fourth-order valence-electron chi connectivity index (χ4n) is 2.77. The van der Waals surface area contributed by atoms with Gasteiger partial charge in [-0.2, -0.15) is 13.2 Å². The number of para-hydroxylation sites is 1. The number of carbonyl (C=O) groups is 1. The Labute approximate surface area is 158 Å². The molecule has 144 valence electrons. The van der Waals surface area contributed by atoms with Crippen LogP contribution in [0.5, 0.6) is 0 Å². The van der Waals surface area contributed by atoms with Gasteiger partial charge in [0.25, 0.3) is 11.5 Å². The lowest BCUT2D eigenvalue weighted by Crippen LogP contribution is -2.41. The van der Waals surface area contributed by atoms with Gasteiger partial charge in [0, 0.05) is 11.4 Å². The Hall–Kier alpha value is -3.39. The first-order valence-corrected chi connectivity index (χ1v) is 8.24. The van der Waals surface area contributed by atoms with Gasteiger partial charge in [-0.05, 0) is 49.4 Å². The van der Waals surface area contributed by atoms with E-state index in [-0.39, 0.29) is 11.3 Å². The number of benzene rings is 2. The molecule has 0 aliphatic carbocycles. The predicted molar refractivity (Wildman–Crippen MR) is 99.2 cm³/mol. The highest BCUT2D eigenvalue weighted by Gasteiger charge is 2.31. The Morgan fingerprint density at radius 3 is 2.32 bits per heavy atom. The topological polar surface area (TPSA) is 68.3 Å². The monoisotopic (exact) mass is 387 g/mol. The summed E-state index contributed by atoms with van der Waals surface area (Å²) in [7, 11) is 0. The summed E-state index contributed by atoms with van der Waals surface area (Å²) in [5.41, 5.74) is -1.14. The number of carbonyl (C=O) groups excluding carboxylic acids is 1. The Morgan fingerprint density at radius 1 is 1.00 bits per heavy atom. The maximum absolute atomic E-state index is 13.0. The minimum Gasteiger partial charge on any atom is -0.281 e. The minimum atomic E-state index is -4.55. The van der Waals surface area contributed by atoms with Gasteiger partial charge in [0.1, 0.15) is 5.56 Å². The number of hydrogen-bond donors (Lipinski definition) is 1. The normalized spacial score (nSPS) is 11.3. The standard InChI is InChI=1S/C20H16F3N3O2/c1-13-10-11-17(19(28)26(24)15-7-3-2-4-8-15)18(27)25(13)16-9-5-6-14(12-16)20(21,22)23/h2-12H,24H2,1H3. The number of aromatic nitrogens is 1. The smallest absolute Gasteiger partial charge is 0.281 e. The van der Waals surface area contributed by atoms with Crippen LogP contribution in [0.2, 0.25) is 0 Å². The summed E-state index contributed by atoms with van der Waals surface area (Å²) in [6.07, 6.45) is -4.55. The molecular weight excluding hydrogens is 371 g/mol. The van der Waals surface area contributed by atoms with Gasteiger partial charge in [-0.3, -0.25) is 14.2 Å². The lowest BCUT2D eigenvalue weighted by molar-refractivity contribution is -0.137. The van der Waals surface area contributed by atoms with E-state index in [9.17, 15) is 22.8 Å². The second kappa shape index (κ2) is 7.32. The molecule has 0 fully saturated rings. The molecule has 8 heteroatoms. The fourth-order valence-corrected chi connectivity index (χ4v) is 2.77. The third-order valence-corrected chi connectivity index (χ3v) is 4.19. The maximum atomic E-state index is 13.0. The molecule has 0 spiro atoms. The molecule has 3 rings (SSSR count). The van der Waals surface area contributed by atoms with Gasteiger partial charge in [-0.1, -0.05) is 24.3 Å². The number of hydrogen-bond acceptors (Lipinski definition) is 3. The zero-order valence-corrected chi connectivity index (χ0v) is 14.8. The van der Waals surface area contributed by atoms with Crippen LogP contribution >= 0.6 is 0 Å². The van der Waals surface area contributed by atoms with Crippen molar-refractivity contribution in [2.45, 2.75) is 13.1 Å². The van der Waals surface area contributed by atoms with E-state index in [2.05, 4.69) is 0 Å². The SMILES string of the molecule is Cc1ccc(C(=O)N(N)c2ccccc2)c(=O)n1-c1cccc(C(F)(F)F)c1. The second-order valence-corrected chi connectivity index (χ2v) is 6.09. The average molecular weight is 387 g/mol. The van der Waals surface area contributed by atoms with E-state index in [1.165, 1.54) is 24.3 Å². The van der Waals surface area contributed by atoms with E-state index in [0.717, 1.165) is 21.7 Å². The van der Waals surface area contributed by atoms with Gasteiger partial charge < -0.3 is 0 Å². The van der Waals surface area contributed by atoms with E-state index < -0.39 is 23.2 Å². The van der Waals surface area contributed by atoms with Crippen LogP contribution in [-0.2, 0) is 6.18 Å². The second-order valence-electron chi connectivity index (χ2n) is 6.09. The molecule has 5 nitrogen and oxygen atoms in total. The quantitative estimate of drug-likeness (QED) is 0.423. The lowest BCUT2D eigenvalue weighted by Gasteiger charge is -2.18. The molecule has 0 radical (unpaired) electrons. The third-order valence-electron chi connectivity index (χ3n) is 4.19. The zero-order valence-electron chi connectivity index (χ0n) is 14.8. The van der Waals surface area contributed by atoms with E-state index >= 15 is 0 Å². The summed E-state index contributed by atoms with van der Waals surface area (Å²) in [5, 5.41) is 0.822. The number of halogens is 3. The van der Waals surface area contributed by atoms with Gasteiger partial charge in [-0.15, -0.1) is 0 Å². The van der Waals surface area contributed by atoms with Gasteiger partial charge in [-0.25, -0.2) is 10.9 Å². The van der Waals surface area contributed by atoms with Crippen molar-refractivity contribution in [3.8, 4) is 5.69 Å². The molecule has 28 heavy (non-hydrogen) atoms. The molecule has 0 bridgehead atoms. The Balaban J connectivity index is 2.09. The van der Waals surface area contributed by atoms with Crippen molar-refractivity contribution < 1.29 is 18.0 Å². The predicted octanol–water partition coefficient (Wildman–Crippen LogP) is 3.69. The molecule has 0 aliphatic heterocycles. The Morgan fingerprint density at radius 2 is 1.68 bits per heavy atom. The highest BCUT2D eigenvalue weighted by molar-refractivity contribution is 6.05. The number of nitrogens with zero attached hydrogens (tertiary/aromatic N) is 2. The van der Waals surface area contributed by atoms with Crippen molar-refractivity contribution in [1.82, 2.24) is 4.57 Å². The molecule has 0 aliphatic rings. The van der Waals surface area contributed by atoms with Crippen LogP contribution < -0.4 is 16.4 Å². The maximum Gasteiger partial charge on any atom is 0.416 e. The molecule has 1 amide bonds. The number of alkyl halides is 3. The number of pyridine rings is 1. The zero-order chi connectivity index (χ0) is 20.5. The summed E-state index contributed by atoms with van der Waals surface area (Å²) < 4.78 is 40.1. The van der Waals surface area contributed by atoms with Gasteiger partial charge >= 0.3 is 6.18 Å². The average Bonchev–Trinajstić information content (AvgIpc) is 2.67. The molecule has 3 aromatic rings. The van der Waals surface area contributed by atoms with Crippen LogP contribution in [0.15, 0.2) is 71.5 Å². The minimum absolute atomic E-state index is 0.00950. The highest BCUT2D eigenvalue weighted by Crippen LogP contribution is 2.30. The van der Waals surface area contributed by atoms with E-state index in [4.69, 9.17) is 5.84 Å². The van der Waals surface area contributed by atoms with Crippen molar-refractivity contribution in [3.05, 3.63) is 93.9 Å². The summed E-state index contributed by atoms with van der Waals surface area (Å²) >= 11 is 0. The molecule has 0 saturated heterocycles. The molecule has 0 unspecified atom stereocenters. The van der Waals surface area contributed by atoms with Crippen molar-refractivity contribution in [2.75, 3.05) is 5.01 Å². The summed E-state index contributed by atoms with van der Waals surface area (Å²) in [5.74, 6) is 5.07. The summed E-state index contributed by atoms with van der Waals surface area (Å²) in [6.45, 7) is 1.56. The molecular formula is C20H16F3N3O2. The van der Waals surface area contributed by atoms with E-state index in [1.54, 1.807) is 37.3 Å².